The molecule has 0 amide bonds. The molecule has 0 spiro atoms. The highest BCUT2D eigenvalue weighted by molar-refractivity contribution is 7.90. The van der Waals surface area contributed by atoms with Crippen molar-refractivity contribution < 1.29 is 9.76 Å². The monoisotopic (exact) mass is 331 g/mol. The molecule has 4 N–H and O–H groups in total. The zero-order valence-electron chi connectivity index (χ0n) is 13.2. The minimum Gasteiger partial charge on any atom is -0.598 e. The Hall–Kier alpha value is -0.760. The quantitative estimate of drug-likeness (QED) is 0.245. The number of oxime groups is 1. The van der Waals surface area contributed by atoms with Crippen molar-refractivity contribution in [3.05, 3.63) is 21.9 Å². The Balaban J connectivity index is 2.95. The average Bonchev–Trinajstić information content (AvgIpc) is 2.84. The first-order valence-corrected chi connectivity index (χ1v) is 8.92. The van der Waals surface area contributed by atoms with E-state index < -0.39 is 11.4 Å². The Morgan fingerprint density at radius 3 is 2.62 bits per heavy atom. The van der Waals surface area contributed by atoms with Gasteiger partial charge in [0, 0.05) is 27.2 Å². The van der Waals surface area contributed by atoms with E-state index in [1.54, 1.807) is 0 Å². The summed E-state index contributed by atoms with van der Waals surface area (Å²) in [7, 11) is 0. The number of hydrogen-bond acceptors (Lipinski definition) is 5. The fourth-order valence-corrected chi connectivity index (χ4v) is 3.60. The van der Waals surface area contributed by atoms with Gasteiger partial charge in [0.05, 0.1) is 6.04 Å². The molecule has 0 aliphatic rings. The topological polar surface area (TPSA) is 93.7 Å². The van der Waals surface area contributed by atoms with Gasteiger partial charge in [-0.05, 0) is 39.2 Å². The molecule has 21 heavy (non-hydrogen) atoms. The summed E-state index contributed by atoms with van der Waals surface area (Å²) in [5.41, 5.74) is 6.30. The molecule has 0 fully saturated rings. The van der Waals surface area contributed by atoms with Crippen LogP contribution in [0, 0.1) is 5.92 Å². The van der Waals surface area contributed by atoms with Gasteiger partial charge in [-0.25, -0.2) is 0 Å². The van der Waals surface area contributed by atoms with E-state index in [0.717, 1.165) is 11.3 Å². The van der Waals surface area contributed by atoms with Crippen LogP contribution < -0.4 is 10.5 Å². The fourth-order valence-electron chi connectivity index (χ4n) is 1.73. The number of amidine groups is 1. The summed E-state index contributed by atoms with van der Waals surface area (Å²) in [6.45, 7) is 10.1. The molecule has 1 aromatic heterocycles. The third kappa shape index (κ3) is 5.50. The smallest absolute Gasteiger partial charge is 0.170 e. The standard InChI is InChI=1S/C14H25N3O2S2/c1-9(2)6-11(17-21(19)14(3,4)5)12-7-10(8-20-12)13(15)16-18/h7-9,11,17-18H,6H2,1-5H3,(H2,15,16). The van der Waals surface area contributed by atoms with Crippen molar-refractivity contribution in [3.63, 3.8) is 0 Å². The molecule has 5 nitrogen and oxygen atoms in total. The predicted octanol–water partition coefficient (Wildman–Crippen LogP) is 2.98. The summed E-state index contributed by atoms with van der Waals surface area (Å²) in [4.78, 5) is 1.04. The molecule has 0 saturated carbocycles. The molecule has 120 valence electrons. The minimum atomic E-state index is -1.14. The number of rotatable bonds is 6. The summed E-state index contributed by atoms with van der Waals surface area (Å²) >= 11 is 0.385. The summed E-state index contributed by atoms with van der Waals surface area (Å²) in [5, 5.41) is 13.6. The van der Waals surface area contributed by atoms with E-state index >= 15 is 0 Å². The molecule has 0 aliphatic heterocycles. The highest BCUT2D eigenvalue weighted by Crippen LogP contribution is 2.29. The first-order valence-electron chi connectivity index (χ1n) is 6.89. The van der Waals surface area contributed by atoms with E-state index in [1.807, 2.05) is 32.2 Å². The van der Waals surface area contributed by atoms with E-state index in [-0.39, 0.29) is 16.6 Å². The Morgan fingerprint density at radius 2 is 2.14 bits per heavy atom. The third-order valence-corrected chi connectivity index (χ3v) is 5.54. The van der Waals surface area contributed by atoms with Crippen molar-refractivity contribution in [1.82, 2.24) is 4.72 Å². The second kappa shape index (κ2) is 7.49. The van der Waals surface area contributed by atoms with Gasteiger partial charge in [0.2, 0.25) is 0 Å². The van der Waals surface area contributed by atoms with E-state index in [9.17, 15) is 4.55 Å². The van der Waals surface area contributed by atoms with Crippen LogP contribution in [0.3, 0.4) is 0 Å². The van der Waals surface area contributed by atoms with Crippen molar-refractivity contribution in [1.29, 1.82) is 0 Å². The maximum atomic E-state index is 12.3. The minimum absolute atomic E-state index is 0.00435. The molecule has 0 aromatic carbocycles. The van der Waals surface area contributed by atoms with Gasteiger partial charge in [-0.3, -0.25) is 0 Å². The second-order valence-electron chi connectivity index (χ2n) is 6.40. The molecule has 1 aromatic rings. The first-order chi connectivity index (χ1) is 9.65. The normalized spacial score (nSPS) is 16.2. The third-order valence-electron chi connectivity index (χ3n) is 2.88. The van der Waals surface area contributed by atoms with Crippen molar-refractivity contribution in [2.45, 2.75) is 51.8 Å². The van der Waals surface area contributed by atoms with Gasteiger partial charge in [0.1, 0.15) is 4.75 Å². The highest BCUT2D eigenvalue weighted by Gasteiger charge is 2.30. The fraction of sp³-hybridized carbons (Fsp3) is 0.643. The number of thiophene rings is 1. The van der Waals surface area contributed by atoms with Gasteiger partial charge in [0.25, 0.3) is 0 Å². The van der Waals surface area contributed by atoms with Crippen LogP contribution in [0.4, 0.5) is 0 Å². The van der Waals surface area contributed by atoms with E-state index in [2.05, 4.69) is 23.7 Å². The first kappa shape index (κ1) is 18.3. The lowest BCUT2D eigenvalue weighted by Crippen LogP contribution is -2.41. The largest absolute Gasteiger partial charge is 0.598 e. The van der Waals surface area contributed by atoms with Crippen LogP contribution in [0.2, 0.25) is 0 Å². The SMILES string of the molecule is CC(C)CC(N[S+]([O-])C(C)(C)C)c1cc(C(N)=NO)cs1. The summed E-state index contributed by atoms with van der Waals surface area (Å²) < 4.78 is 15.2. The van der Waals surface area contributed by atoms with Gasteiger partial charge in [0.15, 0.2) is 5.84 Å². The molecule has 0 radical (unpaired) electrons. The highest BCUT2D eigenvalue weighted by atomic mass is 32.2. The van der Waals surface area contributed by atoms with Crippen molar-refractivity contribution in [2.24, 2.45) is 16.8 Å². The zero-order chi connectivity index (χ0) is 16.2. The summed E-state index contributed by atoms with van der Waals surface area (Å²) in [6, 6.07) is 1.88. The lowest BCUT2D eigenvalue weighted by atomic mass is 10.0. The maximum absolute atomic E-state index is 12.3. The van der Waals surface area contributed by atoms with Crippen molar-refractivity contribution >= 4 is 28.5 Å². The van der Waals surface area contributed by atoms with Crippen LogP contribution in [0.1, 0.15) is 57.5 Å². The average molecular weight is 332 g/mol. The molecule has 0 saturated heterocycles. The van der Waals surface area contributed by atoms with Crippen molar-refractivity contribution in [3.8, 4) is 0 Å². The van der Waals surface area contributed by atoms with Crippen LogP contribution in [0.25, 0.3) is 0 Å². The van der Waals surface area contributed by atoms with Crippen LogP contribution in [0.15, 0.2) is 16.6 Å². The maximum Gasteiger partial charge on any atom is 0.170 e. The van der Waals surface area contributed by atoms with E-state index in [0.29, 0.717) is 11.5 Å². The lowest BCUT2D eigenvalue weighted by Gasteiger charge is -2.28. The molecule has 0 aliphatic carbocycles. The van der Waals surface area contributed by atoms with E-state index in [1.165, 1.54) is 11.3 Å². The van der Waals surface area contributed by atoms with Gasteiger partial charge < -0.3 is 15.5 Å². The lowest BCUT2D eigenvalue weighted by molar-refractivity contribution is 0.318. The molecule has 7 heteroatoms. The van der Waals surface area contributed by atoms with Crippen LogP contribution in [-0.4, -0.2) is 20.3 Å². The van der Waals surface area contributed by atoms with Gasteiger partial charge >= 0.3 is 0 Å². The molecule has 2 unspecified atom stereocenters. The summed E-state index contributed by atoms with van der Waals surface area (Å²) in [5.74, 6) is 0.562. The molecule has 1 rings (SSSR count). The van der Waals surface area contributed by atoms with Gasteiger partial charge in [-0.15, -0.1) is 16.1 Å². The second-order valence-corrected chi connectivity index (χ2v) is 9.34. The van der Waals surface area contributed by atoms with Crippen molar-refractivity contribution in [2.75, 3.05) is 0 Å². The van der Waals surface area contributed by atoms with Crippen LogP contribution in [-0.2, 0) is 11.4 Å². The number of nitrogens with zero attached hydrogens (tertiary/aromatic N) is 1. The summed E-state index contributed by atoms with van der Waals surface area (Å²) in [6.07, 6.45) is 0.873. The Bertz CT molecular complexity index is 481. The molecule has 2 atom stereocenters. The number of nitrogens with two attached hydrogens (primary N) is 1. The molecule has 0 bridgehead atoms. The predicted molar refractivity (Wildman–Crippen MR) is 90.1 cm³/mol. The number of nitrogens with one attached hydrogen (secondary N) is 1. The number of hydrogen-bond donors (Lipinski definition) is 3. The Kier molecular flexibility index (Phi) is 6.52. The van der Waals surface area contributed by atoms with E-state index in [4.69, 9.17) is 10.9 Å². The molecular formula is C14H25N3O2S2. The van der Waals surface area contributed by atoms with Crippen LogP contribution in [0.5, 0.6) is 0 Å². The molecular weight excluding hydrogens is 306 g/mol. The Morgan fingerprint density at radius 1 is 1.52 bits per heavy atom. The van der Waals surface area contributed by atoms with Gasteiger partial charge in [-0.2, -0.15) is 0 Å². The zero-order valence-corrected chi connectivity index (χ0v) is 14.8. The van der Waals surface area contributed by atoms with Gasteiger partial charge in [-0.1, -0.05) is 19.0 Å². The molecule has 1 heterocycles. The Labute approximate surface area is 133 Å². The van der Waals surface area contributed by atoms with Crippen LogP contribution >= 0.6 is 11.3 Å².